The zero-order chi connectivity index (χ0) is 13.2. The predicted octanol–water partition coefficient (Wildman–Crippen LogP) is 1.42. The first-order chi connectivity index (χ1) is 8.47. The Kier molecular flexibility index (Phi) is 3.56. The summed E-state index contributed by atoms with van der Waals surface area (Å²) < 4.78 is 24.0. The lowest BCUT2D eigenvalue weighted by atomic mass is 10.3. The minimum Gasteiger partial charge on any atom is -0.356 e. The maximum atomic E-state index is 11.0. The highest BCUT2D eigenvalue weighted by molar-refractivity contribution is 7.90. The van der Waals surface area contributed by atoms with Crippen molar-refractivity contribution in [2.75, 3.05) is 23.9 Å². The third-order valence-electron chi connectivity index (χ3n) is 2.76. The second-order valence-corrected chi connectivity index (χ2v) is 6.65. The van der Waals surface area contributed by atoms with E-state index in [0.717, 1.165) is 17.0 Å². The lowest BCUT2D eigenvalue weighted by Crippen LogP contribution is -2.11. The number of sulfone groups is 1. The molecule has 0 radical (unpaired) electrons. The number of para-hydroxylation sites is 2. The van der Waals surface area contributed by atoms with Gasteiger partial charge in [-0.15, -0.1) is 0 Å². The number of hydrogen-bond acceptors (Lipinski definition) is 4. The van der Waals surface area contributed by atoms with E-state index in [1.165, 1.54) is 6.26 Å². The number of imidazole rings is 1. The van der Waals surface area contributed by atoms with Crippen LogP contribution in [0.15, 0.2) is 24.3 Å². The van der Waals surface area contributed by atoms with Gasteiger partial charge in [-0.3, -0.25) is 0 Å². The zero-order valence-corrected chi connectivity index (χ0v) is 11.4. The standard InChI is InChI=1S/C12H17N3O2S/c1-15-11-7-4-3-6-10(11)14-12(15)13-8-5-9-18(2,16)17/h3-4,6-7H,5,8-9H2,1-2H3,(H,13,14). The summed E-state index contributed by atoms with van der Waals surface area (Å²) in [6.07, 6.45) is 1.84. The molecule has 0 spiro atoms. The molecule has 1 heterocycles. The lowest BCUT2D eigenvalue weighted by Gasteiger charge is -2.05. The van der Waals surface area contributed by atoms with Crippen molar-refractivity contribution in [2.45, 2.75) is 6.42 Å². The minimum absolute atomic E-state index is 0.198. The van der Waals surface area contributed by atoms with Crippen LogP contribution in [0.4, 0.5) is 5.95 Å². The van der Waals surface area contributed by atoms with Gasteiger partial charge in [0.15, 0.2) is 0 Å². The zero-order valence-electron chi connectivity index (χ0n) is 10.5. The molecule has 0 saturated heterocycles. The summed E-state index contributed by atoms with van der Waals surface area (Å²) in [4.78, 5) is 4.45. The number of aryl methyl sites for hydroxylation is 1. The molecular formula is C12H17N3O2S. The van der Waals surface area contributed by atoms with Crippen molar-refractivity contribution in [3.63, 3.8) is 0 Å². The van der Waals surface area contributed by atoms with Crippen LogP contribution in [0.1, 0.15) is 6.42 Å². The van der Waals surface area contributed by atoms with Crippen LogP contribution in [0.5, 0.6) is 0 Å². The molecule has 1 N–H and O–H groups in total. The molecule has 0 fully saturated rings. The smallest absolute Gasteiger partial charge is 0.203 e. The molecule has 0 aliphatic rings. The van der Waals surface area contributed by atoms with Crippen LogP contribution in [0.25, 0.3) is 11.0 Å². The molecule has 98 valence electrons. The van der Waals surface area contributed by atoms with Crippen molar-refractivity contribution < 1.29 is 8.42 Å². The molecule has 0 unspecified atom stereocenters. The van der Waals surface area contributed by atoms with Crippen molar-refractivity contribution in [2.24, 2.45) is 7.05 Å². The molecule has 0 saturated carbocycles. The summed E-state index contributed by atoms with van der Waals surface area (Å²) in [5, 5.41) is 3.16. The Balaban J connectivity index is 2.02. The van der Waals surface area contributed by atoms with Crippen LogP contribution in [0.2, 0.25) is 0 Å². The molecule has 6 heteroatoms. The first kappa shape index (κ1) is 12.9. The third-order valence-corrected chi connectivity index (χ3v) is 3.79. The van der Waals surface area contributed by atoms with Crippen molar-refractivity contribution >= 4 is 26.8 Å². The third kappa shape index (κ3) is 3.01. The van der Waals surface area contributed by atoms with Crippen molar-refractivity contribution in [3.05, 3.63) is 24.3 Å². The number of aromatic nitrogens is 2. The van der Waals surface area contributed by atoms with E-state index in [1.807, 2.05) is 35.9 Å². The molecule has 5 nitrogen and oxygen atoms in total. The van der Waals surface area contributed by atoms with Gasteiger partial charge in [-0.1, -0.05) is 12.1 Å². The fraction of sp³-hybridized carbons (Fsp3) is 0.417. The fourth-order valence-electron chi connectivity index (χ4n) is 1.84. The largest absolute Gasteiger partial charge is 0.356 e. The first-order valence-corrected chi connectivity index (χ1v) is 7.86. The Morgan fingerprint density at radius 2 is 2.06 bits per heavy atom. The van der Waals surface area contributed by atoms with Gasteiger partial charge < -0.3 is 9.88 Å². The molecule has 2 rings (SSSR count). The molecule has 18 heavy (non-hydrogen) atoms. The minimum atomic E-state index is -2.88. The van der Waals surface area contributed by atoms with Gasteiger partial charge in [-0.25, -0.2) is 13.4 Å². The van der Waals surface area contributed by atoms with Gasteiger partial charge in [0.1, 0.15) is 9.84 Å². The molecule has 1 aromatic carbocycles. The van der Waals surface area contributed by atoms with Gasteiger partial charge in [-0.2, -0.15) is 0 Å². The summed E-state index contributed by atoms with van der Waals surface area (Å²) in [7, 11) is -0.942. The quantitative estimate of drug-likeness (QED) is 0.832. The van der Waals surface area contributed by atoms with Crippen LogP contribution in [-0.4, -0.2) is 36.5 Å². The van der Waals surface area contributed by atoms with Crippen LogP contribution in [-0.2, 0) is 16.9 Å². The van der Waals surface area contributed by atoms with Crippen molar-refractivity contribution in [1.29, 1.82) is 0 Å². The molecule has 2 aromatic rings. The van der Waals surface area contributed by atoms with Gasteiger partial charge >= 0.3 is 0 Å². The topological polar surface area (TPSA) is 64.0 Å². The van der Waals surface area contributed by atoms with Gasteiger partial charge in [0.05, 0.1) is 16.8 Å². The van der Waals surface area contributed by atoms with Gasteiger partial charge in [0, 0.05) is 19.8 Å². The van der Waals surface area contributed by atoms with E-state index < -0.39 is 9.84 Å². The van der Waals surface area contributed by atoms with E-state index in [0.29, 0.717) is 13.0 Å². The predicted molar refractivity (Wildman–Crippen MR) is 73.5 cm³/mol. The fourth-order valence-corrected chi connectivity index (χ4v) is 2.51. The second kappa shape index (κ2) is 4.97. The monoisotopic (exact) mass is 267 g/mol. The molecule has 0 aliphatic heterocycles. The number of nitrogens with zero attached hydrogens (tertiary/aromatic N) is 2. The summed E-state index contributed by atoms with van der Waals surface area (Å²) in [5.74, 6) is 0.967. The van der Waals surface area contributed by atoms with Crippen LogP contribution >= 0.6 is 0 Å². The average Bonchev–Trinajstić information content (AvgIpc) is 2.62. The van der Waals surface area contributed by atoms with E-state index in [9.17, 15) is 8.42 Å². The van der Waals surface area contributed by atoms with Crippen LogP contribution in [0.3, 0.4) is 0 Å². The number of fused-ring (bicyclic) bond motifs is 1. The highest BCUT2D eigenvalue weighted by Gasteiger charge is 2.06. The number of anilines is 1. The van der Waals surface area contributed by atoms with Gasteiger partial charge in [0.2, 0.25) is 5.95 Å². The van der Waals surface area contributed by atoms with Crippen molar-refractivity contribution in [1.82, 2.24) is 9.55 Å². The first-order valence-electron chi connectivity index (χ1n) is 5.80. The Morgan fingerprint density at radius 1 is 1.33 bits per heavy atom. The molecule has 1 aromatic heterocycles. The molecular weight excluding hydrogens is 250 g/mol. The highest BCUT2D eigenvalue weighted by atomic mass is 32.2. The lowest BCUT2D eigenvalue weighted by molar-refractivity contribution is 0.600. The second-order valence-electron chi connectivity index (χ2n) is 4.39. The Labute approximate surface area is 107 Å². The van der Waals surface area contributed by atoms with E-state index >= 15 is 0 Å². The molecule has 0 aliphatic carbocycles. The SMILES string of the molecule is Cn1c(NCCCS(C)(=O)=O)nc2ccccc21. The van der Waals surface area contributed by atoms with Crippen LogP contribution in [0, 0.1) is 0 Å². The molecule has 0 bridgehead atoms. The maximum absolute atomic E-state index is 11.0. The maximum Gasteiger partial charge on any atom is 0.203 e. The van der Waals surface area contributed by atoms with E-state index in [-0.39, 0.29) is 5.75 Å². The molecule has 0 atom stereocenters. The van der Waals surface area contributed by atoms with E-state index in [1.54, 1.807) is 0 Å². The van der Waals surface area contributed by atoms with Gasteiger partial charge in [0.25, 0.3) is 0 Å². The summed E-state index contributed by atoms with van der Waals surface area (Å²) >= 11 is 0. The average molecular weight is 267 g/mol. The number of rotatable bonds is 5. The Morgan fingerprint density at radius 3 is 2.72 bits per heavy atom. The Hall–Kier alpha value is -1.56. The molecule has 0 amide bonds. The van der Waals surface area contributed by atoms with Crippen molar-refractivity contribution in [3.8, 4) is 0 Å². The van der Waals surface area contributed by atoms with E-state index in [2.05, 4.69) is 10.3 Å². The number of nitrogens with one attached hydrogen (secondary N) is 1. The Bertz CT molecular complexity index is 646. The summed E-state index contributed by atoms with van der Waals surface area (Å²) in [5.41, 5.74) is 1.99. The summed E-state index contributed by atoms with van der Waals surface area (Å²) in [6, 6.07) is 7.88. The number of hydrogen-bond donors (Lipinski definition) is 1. The van der Waals surface area contributed by atoms with E-state index in [4.69, 9.17) is 0 Å². The summed E-state index contributed by atoms with van der Waals surface area (Å²) in [6.45, 7) is 0.601. The normalized spacial score (nSPS) is 11.9. The number of benzene rings is 1. The highest BCUT2D eigenvalue weighted by Crippen LogP contribution is 2.17. The van der Waals surface area contributed by atoms with Crippen LogP contribution < -0.4 is 5.32 Å². The van der Waals surface area contributed by atoms with Gasteiger partial charge in [-0.05, 0) is 18.6 Å².